The van der Waals surface area contributed by atoms with Crippen LogP contribution in [0.2, 0.25) is 0 Å². The van der Waals surface area contributed by atoms with Gasteiger partial charge in [0.05, 0.1) is 4.92 Å². The van der Waals surface area contributed by atoms with Crippen LogP contribution in [0.15, 0.2) is 24.3 Å². The third kappa shape index (κ3) is 3.31. The van der Waals surface area contributed by atoms with Crippen LogP contribution >= 0.6 is 0 Å². The first kappa shape index (κ1) is 14.8. The van der Waals surface area contributed by atoms with Gasteiger partial charge in [-0.2, -0.15) is 5.10 Å². The molecule has 7 nitrogen and oxygen atoms in total. The van der Waals surface area contributed by atoms with Crippen molar-refractivity contribution in [3.05, 3.63) is 51.6 Å². The van der Waals surface area contributed by atoms with E-state index in [0.29, 0.717) is 24.2 Å². The van der Waals surface area contributed by atoms with Crippen LogP contribution < -0.4 is 0 Å². The van der Waals surface area contributed by atoms with Gasteiger partial charge in [-0.15, -0.1) is 0 Å². The average Bonchev–Trinajstić information content (AvgIpc) is 2.89. The Hall–Kier alpha value is -2.57. The Labute approximate surface area is 121 Å². The average molecular weight is 288 g/mol. The Bertz CT molecular complexity index is 679. The lowest BCUT2D eigenvalue weighted by Crippen LogP contribution is -2.14. The Balaban J connectivity index is 2.23. The fourth-order valence-electron chi connectivity index (χ4n) is 1.98. The molecule has 0 aliphatic rings. The van der Waals surface area contributed by atoms with Gasteiger partial charge >= 0.3 is 0 Å². The minimum atomic E-state index is -0.515. The fourth-order valence-corrected chi connectivity index (χ4v) is 1.98. The van der Waals surface area contributed by atoms with Crippen molar-refractivity contribution in [2.24, 2.45) is 0 Å². The number of non-ortho nitro benzene ring substituents is 1. The van der Waals surface area contributed by atoms with Crippen molar-refractivity contribution >= 4 is 11.5 Å². The largest absolute Gasteiger partial charge is 0.292 e. The number of nitro groups is 1. The Morgan fingerprint density at radius 3 is 2.71 bits per heavy atom. The summed E-state index contributed by atoms with van der Waals surface area (Å²) in [5.74, 6) is 1.21. The van der Waals surface area contributed by atoms with Gasteiger partial charge in [0.2, 0.25) is 0 Å². The molecule has 2 rings (SSSR count). The summed E-state index contributed by atoms with van der Waals surface area (Å²) in [7, 11) is 0. The number of hydrogen-bond donors (Lipinski definition) is 0. The zero-order chi connectivity index (χ0) is 15.4. The van der Waals surface area contributed by atoms with Gasteiger partial charge in [0.25, 0.3) is 5.69 Å². The predicted molar refractivity (Wildman–Crippen MR) is 76.2 cm³/mol. The van der Waals surface area contributed by atoms with Crippen molar-refractivity contribution in [1.29, 1.82) is 0 Å². The van der Waals surface area contributed by atoms with E-state index in [-0.39, 0.29) is 18.0 Å². The van der Waals surface area contributed by atoms with E-state index in [1.54, 1.807) is 10.7 Å². The smallest absolute Gasteiger partial charge is 0.270 e. The van der Waals surface area contributed by atoms with E-state index in [1.807, 2.05) is 13.8 Å². The molecule has 0 amide bonds. The summed E-state index contributed by atoms with van der Waals surface area (Å²) in [6, 6.07) is 5.72. The SMILES string of the molecule is CCc1nc(CC)n(CC(=O)c2cccc([N+](=O)[O-])c2)n1. The molecular weight excluding hydrogens is 272 g/mol. The molecule has 0 fully saturated rings. The van der Waals surface area contributed by atoms with Crippen molar-refractivity contribution in [1.82, 2.24) is 14.8 Å². The standard InChI is InChI=1S/C14H16N4O3/c1-3-13-15-14(4-2)17(16-13)9-12(19)10-6-5-7-11(8-10)18(20)21/h5-8H,3-4,9H2,1-2H3. The molecule has 0 N–H and O–H groups in total. The first-order valence-electron chi connectivity index (χ1n) is 6.75. The number of benzene rings is 1. The lowest BCUT2D eigenvalue weighted by atomic mass is 10.1. The van der Waals surface area contributed by atoms with Crippen LogP contribution in [0.3, 0.4) is 0 Å². The second-order valence-electron chi connectivity index (χ2n) is 4.54. The number of carbonyl (C=O) groups excluding carboxylic acids is 1. The second kappa shape index (κ2) is 6.25. The van der Waals surface area contributed by atoms with Crippen LogP contribution in [0.25, 0.3) is 0 Å². The van der Waals surface area contributed by atoms with E-state index in [0.717, 1.165) is 5.82 Å². The lowest BCUT2D eigenvalue weighted by molar-refractivity contribution is -0.384. The summed E-state index contributed by atoms with van der Waals surface area (Å²) in [6.07, 6.45) is 1.38. The number of ketones is 1. The minimum absolute atomic E-state index is 0.0390. The van der Waals surface area contributed by atoms with E-state index < -0.39 is 4.92 Å². The van der Waals surface area contributed by atoms with Gasteiger partial charge in [0.1, 0.15) is 12.4 Å². The molecule has 7 heteroatoms. The highest BCUT2D eigenvalue weighted by Crippen LogP contribution is 2.14. The summed E-state index contributed by atoms with van der Waals surface area (Å²) < 4.78 is 1.57. The van der Waals surface area contributed by atoms with E-state index in [1.165, 1.54) is 18.2 Å². The second-order valence-corrected chi connectivity index (χ2v) is 4.54. The number of Topliss-reactive ketones (excluding diaryl/α,β-unsaturated/α-hetero) is 1. The Kier molecular flexibility index (Phi) is 4.42. The van der Waals surface area contributed by atoms with Crippen molar-refractivity contribution < 1.29 is 9.72 Å². The molecule has 1 aromatic carbocycles. The molecule has 0 saturated carbocycles. The van der Waals surface area contributed by atoms with E-state index in [9.17, 15) is 14.9 Å². The topological polar surface area (TPSA) is 90.9 Å². The number of hydrogen-bond acceptors (Lipinski definition) is 5. The molecule has 0 saturated heterocycles. The fraction of sp³-hybridized carbons (Fsp3) is 0.357. The van der Waals surface area contributed by atoms with Gasteiger partial charge in [-0.05, 0) is 0 Å². The highest BCUT2D eigenvalue weighted by atomic mass is 16.6. The highest BCUT2D eigenvalue weighted by Gasteiger charge is 2.15. The van der Waals surface area contributed by atoms with Crippen LogP contribution in [0.5, 0.6) is 0 Å². The van der Waals surface area contributed by atoms with E-state index >= 15 is 0 Å². The van der Waals surface area contributed by atoms with Crippen molar-refractivity contribution in [3.8, 4) is 0 Å². The van der Waals surface area contributed by atoms with E-state index in [2.05, 4.69) is 10.1 Å². The maximum Gasteiger partial charge on any atom is 0.270 e. The Morgan fingerprint density at radius 2 is 2.10 bits per heavy atom. The maximum atomic E-state index is 12.2. The molecule has 0 aliphatic carbocycles. The normalized spacial score (nSPS) is 10.6. The summed E-state index contributed by atoms with van der Waals surface area (Å²) in [5.41, 5.74) is 0.212. The maximum absolute atomic E-state index is 12.2. The van der Waals surface area contributed by atoms with Crippen molar-refractivity contribution in [2.45, 2.75) is 33.2 Å². The van der Waals surface area contributed by atoms with Crippen LogP contribution in [-0.2, 0) is 19.4 Å². The zero-order valence-electron chi connectivity index (χ0n) is 11.9. The number of aromatic nitrogens is 3. The summed E-state index contributed by atoms with van der Waals surface area (Å²) >= 11 is 0. The number of rotatable bonds is 6. The third-order valence-electron chi connectivity index (χ3n) is 3.10. The molecule has 0 atom stereocenters. The molecule has 1 aromatic heterocycles. The van der Waals surface area contributed by atoms with Gasteiger partial charge < -0.3 is 0 Å². The molecule has 0 bridgehead atoms. The zero-order valence-corrected chi connectivity index (χ0v) is 11.9. The molecule has 0 aliphatic heterocycles. The first-order chi connectivity index (χ1) is 10.0. The lowest BCUT2D eigenvalue weighted by Gasteiger charge is -2.04. The highest BCUT2D eigenvalue weighted by molar-refractivity contribution is 5.96. The van der Waals surface area contributed by atoms with Gasteiger partial charge in [-0.25, -0.2) is 9.67 Å². The van der Waals surface area contributed by atoms with E-state index in [4.69, 9.17) is 0 Å². The quantitative estimate of drug-likeness (QED) is 0.461. The molecule has 1 heterocycles. The Morgan fingerprint density at radius 1 is 1.33 bits per heavy atom. The monoisotopic (exact) mass is 288 g/mol. The number of aryl methyl sites for hydroxylation is 2. The molecule has 21 heavy (non-hydrogen) atoms. The molecule has 0 radical (unpaired) electrons. The molecular formula is C14H16N4O3. The first-order valence-corrected chi connectivity index (χ1v) is 6.75. The summed E-state index contributed by atoms with van der Waals surface area (Å²) in [6.45, 7) is 3.93. The number of carbonyl (C=O) groups is 1. The van der Waals surface area contributed by atoms with Crippen LogP contribution in [0.1, 0.15) is 35.9 Å². The van der Waals surface area contributed by atoms with Crippen LogP contribution in [0.4, 0.5) is 5.69 Å². The van der Waals surface area contributed by atoms with Crippen molar-refractivity contribution in [2.75, 3.05) is 0 Å². The van der Waals surface area contributed by atoms with Gasteiger partial charge in [-0.1, -0.05) is 26.0 Å². The summed E-state index contributed by atoms with van der Waals surface area (Å²) in [4.78, 5) is 26.8. The van der Waals surface area contributed by atoms with Crippen LogP contribution in [-0.4, -0.2) is 25.5 Å². The molecule has 2 aromatic rings. The summed E-state index contributed by atoms with van der Waals surface area (Å²) in [5, 5.41) is 15.0. The number of nitrogens with zero attached hydrogens (tertiary/aromatic N) is 4. The van der Waals surface area contributed by atoms with Gasteiger partial charge in [0, 0.05) is 30.5 Å². The van der Waals surface area contributed by atoms with Gasteiger partial charge in [0.15, 0.2) is 11.6 Å². The number of nitro benzene ring substituents is 1. The molecule has 0 unspecified atom stereocenters. The van der Waals surface area contributed by atoms with Gasteiger partial charge in [-0.3, -0.25) is 14.9 Å². The van der Waals surface area contributed by atoms with Crippen molar-refractivity contribution in [3.63, 3.8) is 0 Å². The van der Waals surface area contributed by atoms with Crippen LogP contribution in [0, 0.1) is 10.1 Å². The molecule has 0 spiro atoms. The predicted octanol–water partition coefficient (Wildman–Crippen LogP) is 2.19. The molecule has 110 valence electrons. The minimum Gasteiger partial charge on any atom is -0.292 e. The third-order valence-corrected chi connectivity index (χ3v) is 3.10.